The number of hydrogen-bond donors (Lipinski definition) is 1. The minimum absolute atomic E-state index is 0.657. The van der Waals surface area contributed by atoms with Crippen molar-refractivity contribution >= 4 is 0 Å². The zero-order valence-corrected chi connectivity index (χ0v) is 8.96. The van der Waals surface area contributed by atoms with Crippen molar-refractivity contribution in [1.82, 2.24) is 5.32 Å². The zero-order valence-electron chi connectivity index (χ0n) is 8.96. The Balaban J connectivity index is 2.13. The van der Waals surface area contributed by atoms with Crippen LogP contribution >= 0.6 is 0 Å². The van der Waals surface area contributed by atoms with Gasteiger partial charge in [0.15, 0.2) is 0 Å². The van der Waals surface area contributed by atoms with Crippen LogP contribution in [0.15, 0.2) is 24.3 Å². The molecule has 0 bridgehead atoms. The quantitative estimate of drug-likeness (QED) is 0.508. The normalized spacial score (nSPS) is 24.8. The smallest absolute Gasteiger partial charge is 0.0198 e. The monoisotopic (exact) mass is 179 g/mol. The second-order valence-electron chi connectivity index (χ2n) is 4.33. The molecule has 13 heavy (non-hydrogen) atoms. The molecular formula is C12H21N. The van der Waals surface area contributed by atoms with Gasteiger partial charge in [0.1, 0.15) is 0 Å². The molecule has 0 aromatic carbocycles. The van der Waals surface area contributed by atoms with Crippen molar-refractivity contribution in [1.29, 1.82) is 0 Å². The summed E-state index contributed by atoms with van der Waals surface area (Å²) in [5, 5.41) is 3.32. The number of rotatable bonds is 5. The van der Waals surface area contributed by atoms with Gasteiger partial charge in [-0.15, -0.1) is 0 Å². The minimum Gasteiger partial charge on any atom is -0.311 e. The van der Waals surface area contributed by atoms with Crippen LogP contribution in [0.3, 0.4) is 0 Å². The van der Waals surface area contributed by atoms with E-state index in [2.05, 4.69) is 50.4 Å². The molecule has 1 heteroatoms. The maximum atomic E-state index is 3.32. The maximum Gasteiger partial charge on any atom is 0.0198 e. The highest BCUT2D eigenvalue weighted by Crippen LogP contribution is 2.13. The number of hydrogen-bond acceptors (Lipinski definition) is 1. The molecule has 1 N–H and O–H groups in total. The van der Waals surface area contributed by atoms with Crippen LogP contribution in [0, 0.1) is 11.8 Å². The van der Waals surface area contributed by atoms with E-state index in [1.54, 1.807) is 0 Å². The Bertz CT molecular complexity index is 187. The van der Waals surface area contributed by atoms with E-state index in [9.17, 15) is 0 Å². The minimum atomic E-state index is 0.657. The van der Waals surface area contributed by atoms with E-state index in [0.717, 1.165) is 6.04 Å². The van der Waals surface area contributed by atoms with Gasteiger partial charge in [-0.05, 0) is 18.3 Å². The van der Waals surface area contributed by atoms with Crippen LogP contribution in [0.5, 0.6) is 0 Å². The van der Waals surface area contributed by atoms with E-state index in [0.29, 0.717) is 11.8 Å². The highest BCUT2D eigenvalue weighted by Gasteiger charge is 2.20. The summed E-state index contributed by atoms with van der Waals surface area (Å²) < 4.78 is 0. The Labute approximate surface area is 81.9 Å². The highest BCUT2D eigenvalue weighted by molar-refractivity contribution is 5.05. The predicted molar refractivity (Wildman–Crippen MR) is 58.7 cm³/mol. The van der Waals surface area contributed by atoms with Gasteiger partial charge >= 0.3 is 0 Å². The van der Waals surface area contributed by atoms with E-state index < -0.39 is 0 Å². The van der Waals surface area contributed by atoms with Crippen molar-refractivity contribution in [2.75, 3.05) is 6.54 Å². The van der Waals surface area contributed by atoms with Crippen LogP contribution < -0.4 is 5.32 Å². The fraction of sp³-hybridized carbons (Fsp3) is 0.667. The van der Waals surface area contributed by atoms with Crippen LogP contribution in [-0.2, 0) is 0 Å². The molecule has 2 atom stereocenters. The van der Waals surface area contributed by atoms with Gasteiger partial charge in [0.05, 0.1) is 0 Å². The van der Waals surface area contributed by atoms with Gasteiger partial charge in [-0.3, -0.25) is 0 Å². The van der Waals surface area contributed by atoms with Crippen molar-refractivity contribution in [3.8, 4) is 0 Å². The van der Waals surface area contributed by atoms with Crippen molar-refractivity contribution < 1.29 is 0 Å². The summed E-state index contributed by atoms with van der Waals surface area (Å²) in [7, 11) is 0. The average Bonchev–Trinajstić information content (AvgIpc) is 2.81. The van der Waals surface area contributed by atoms with Crippen LogP contribution in [0.1, 0.15) is 27.2 Å². The number of nitrogens with one attached hydrogen (secondary N) is 1. The molecule has 1 aliphatic rings. The molecule has 0 spiro atoms. The fourth-order valence-electron chi connectivity index (χ4n) is 1.32. The van der Waals surface area contributed by atoms with E-state index in [1.165, 1.54) is 13.0 Å². The van der Waals surface area contributed by atoms with Crippen LogP contribution in [-0.4, -0.2) is 12.6 Å². The second kappa shape index (κ2) is 5.23. The van der Waals surface area contributed by atoms with Crippen LogP contribution in [0.2, 0.25) is 0 Å². The fourth-order valence-corrected chi connectivity index (χ4v) is 1.32. The largest absolute Gasteiger partial charge is 0.311 e. The summed E-state index contributed by atoms with van der Waals surface area (Å²) in [6.45, 7) is 7.89. The first-order valence-electron chi connectivity index (χ1n) is 5.27. The molecule has 0 aliphatic carbocycles. The zero-order chi connectivity index (χ0) is 9.68. The molecular weight excluding hydrogens is 158 g/mol. The van der Waals surface area contributed by atoms with Crippen molar-refractivity contribution in [3.63, 3.8) is 0 Å². The van der Waals surface area contributed by atoms with Gasteiger partial charge in [-0.1, -0.05) is 45.1 Å². The average molecular weight is 179 g/mol. The third-order valence-electron chi connectivity index (χ3n) is 2.20. The third kappa shape index (κ3) is 5.64. The summed E-state index contributed by atoms with van der Waals surface area (Å²) in [5.41, 5.74) is 0. The molecule has 1 aliphatic heterocycles. The summed E-state index contributed by atoms with van der Waals surface area (Å²) >= 11 is 0. The lowest BCUT2D eigenvalue weighted by atomic mass is 10.1. The number of allylic oxidation sites excluding steroid dienone is 4. The second-order valence-corrected chi connectivity index (χ2v) is 4.33. The van der Waals surface area contributed by atoms with Crippen LogP contribution in [0.4, 0.5) is 0 Å². The highest BCUT2D eigenvalue weighted by atomic mass is 15.1. The van der Waals surface area contributed by atoms with Crippen molar-refractivity contribution in [2.24, 2.45) is 11.8 Å². The molecule has 1 nitrogen and oxygen atoms in total. The van der Waals surface area contributed by atoms with E-state index in [1.807, 2.05) is 0 Å². The molecule has 0 radical (unpaired) electrons. The molecule has 1 fully saturated rings. The Kier molecular flexibility index (Phi) is 4.23. The Morgan fingerprint density at radius 1 is 1.23 bits per heavy atom. The molecule has 1 heterocycles. The Hall–Kier alpha value is -0.560. The molecule has 0 amide bonds. The molecule has 1 saturated heterocycles. The molecule has 0 aromatic rings. The SMILES string of the molecule is CC(C)/C=C\C=CC(C)CC1CN1. The van der Waals surface area contributed by atoms with Gasteiger partial charge in [0.2, 0.25) is 0 Å². The Morgan fingerprint density at radius 2 is 1.85 bits per heavy atom. The standard InChI is InChI=1S/C12H21N/c1-10(2)6-4-5-7-11(3)8-12-9-13-12/h4-7,10-13H,8-9H2,1-3H3/b6-4-,7-5?. The van der Waals surface area contributed by atoms with Gasteiger partial charge in [0, 0.05) is 12.6 Å². The van der Waals surface area contributed by atoms with Gasteiger partial charge in [0.25, 0.3) is 0 Å². The van der Waals surface area contributed by atoms with Crippen molar-refractivity contribution in [2.45, 2.75) is 33.2 Å². The molecule has 1 rings (SSSR count). The van der Waals surface area contributed by atoms with E-state index >= 15 is 0 Å². The van der Waals surface area contributed by atoms with Gasteiger partial charge in [-0.25, -0.2) is 0 Å². The summed E-state index contributed by atoms with van der Waals surface area (Å²) in [6, 6.07) is 0.800. The lowest BCUT2D eigenvalue weighted by molar-refractivity contribution is 0.639. The molecule has 74 valence electrons. The van der Waals surface area contributed by atoms with Gasteiger partial charge in [-0.2, -0.15) is 0 Å². The Morgan fingerprint density at radius 3 is 2.38 bits per heavy atom. The predicted octanol–water partition coefficient (Wildman–Crippen LogP) is 2.75. The first kappa shape index (κ1) is 10.5. The maximum absolute atomic E-state index is 3.32. The van der Waals surface area contributed by atoms with Crippen LogP contribution in [0.25, 0.3) is 0 Å². The van der Waals surface area contributed by atoms with Crippen molar-refractivity contribution in [3.05, 3.63) is 24.3 Å². The van der Waals surface area contributed by atoms with E-state index in [4.69, 9.17) is 0 Å². The lowest BCUT2D eigenvalue weighted by Crippen LogP contribution is -1.97. The summed E-state index contributed by atoms with van der Waals surface area (Å²) in [5.74, 6) is 1.36. The topological polar surface area (TPSA) is 21.9 Å². The summed E-state index contributed by atoms with van der Waals surface area (Å²) in [4.78, 5) is 0. The lowest BCUT2D eigenvalue weighted by Gasteiger charge is -2.01. The summed E-state index contributed by atoms with van der Waals surface area (Å²) in [6.07, 6.45) is 10.1. The molecule has 0 aromatic heterocycles. The molecule has 2 unspecified atom stereocenters. The van der Waals surface area contributed by atoms with E-state index in [-0.39, 0.29) is 0 Å². The molecule has 0 saturated carbocycles. The third-order valence-corrected chi connectivity index (χ3v) is 2.20. The first-order chi connectivity index (χ1) is 6.18. The van der Waals surface area contributed by atoms with Gasteiger partial charge < -0.3 is 5.32 Å². The first-order valence-corrected chi connectivity index (χ1v) is 5.27.